The Morgan fingerprint density at radius 1 is 1.06 bits per heavy atom. The van der Waals surface area contributed by atoms with Gasteiger partial charge in [0.15, 0.2) is 18.1 Å². The first-order chi connectivity index (χ1) is 14.6. The average Bonchev–Trinajstić information content (AvgIpc) is 2.70. The van der Waals surface area contributed by atoms with Crippen LogP contribution < -0.4 is 20.1 Å². The van der Waals surface area contributed by atoms with E-state index in [9.17, 15) is 9.59 Å². The van der Waals surface area contributed by atoms with E-state index in [0.717, 1.165) is 15.7 Å². The molecule has 8 heteroatoms. The highest BCUT2D eigenvalue weighted by Crippen LogP contribution is 2.34. The van der Waals surface area contributed by atoms with Crippen molar-refractivity contribution in [3.63, 3.8) is 0 Å². The third kappa shape index (κ3) is 7.79. The summed E-state index contributed by atoms with van der Waals surface area (Å²) < 4.78 is 16.9. The van der Waals surface area contributed by atoms with Gasteiger partial charge >= 0.3 is 5.97 Å². The Morgan fingerprint density at radius 3 is 2.32 bits per heavy atom. The summed E-state index contributed by atoms with van der Waals surface area (Å²) in [6, 6.07) is 10.7. The van der Waals surface area contributed by atoms with Gasteiger partial charge in [-0.3, -0.25) is 4.79 Å². The maximum Gasteiger partial charge on any atom is 0.338 e. The van der Waals surface area contributed by atoms with Gasteiger partial charge in [0, 0.05) is 22.2 Å². The first-order valence-corrected chi connectivity index (χ1v) is 10.7. The summed E-state index contributed by atoms with van der Waals surface area (Å²) >= 11 is 3.55. The van der Waals surface area contributed by atoms with Crippen molar-refractivity contribution in [3.8, 4) is 11.5 Å². The van der Waals surface area contributed by atoms with Gasteiger partial charge in [0.2, 0.25) is 0 Å². The third-order valence-corrected chi connectivity index (χ3v) is 4.82. The van der Waals surface area contributed by atoms with E-state index in [1.165, 1.54) is 0 Å². The molecule has 0 bridgehead atoms. The molecule has 0 aliphatic carbocycles. The molecule has 2 rings (SSSR count). The number of nitrogens with one attached hydrogen (secondary N) is 2. The molecule has 0 fully saturated rings. The number of benzene rings is 2. The number of methoxy groups -OCH3 is 1. The van der Waals surface area contributed by atoms with Crippen molar-refractivity contribution in [2.24, 2.45) is 0 Å². The van der Waals surface area contributed by atoms with Gasteiger partial charge in [-0.1, -0.05) is 15.9 Å². The van der Waals surface area contributed by atoms with Crippen LogP contribution >= 0.6 is 15.9 Å². The van der Waals surface area contributed by atoms with Crippen LogP contribution in [0.3, 0.4) is 0 Å². The van der Waals surface area contributed by atoms with E-state index in [4.69, 9.17) is 14.2 Å². The first-order valence-electron chi connectivity index (χ1n) is 9.94. The molecule has 0 saturated heterocycles. The van der Waals surface area contributed by atoms with Crippen molar-refractivity contribution >= 4 is 33.5 Å². The third-order valence-electron chi connectivity index (χ3n) is 4.08. The molecule has 1 amide bonds. The van der Waals surface area contributed by atoms with Gasteiger partial charge in [-0.25, -0.2) is 4.79 Å². The lowest BCUT2D eigenvalue weighted by Crippen LogP contribution is -2.43. The zero-order valence-corrected chi connectivity index (χ0v) is 20.1. The van der Waals surface area contributed by atoms with E-state index in [-0.39, 0.29) is 24.0 Å². The number of carbonyl (C=O) groups is 2. The number of ether oxygens (including phenoxy) is 3. The number of anilines is 1. The second-order valence-electron chi connectivity index (χ2n) is 7.83. The SMILES string of the molecule is CCOC(=O)c1ccc(NCc2cc(OC)c(OCC(=O)NC(C)(C)C)cc2Br)cc1. The molecule has 0 unspecified atom stereocenters. The quantitative estimate of drug-likeness (QED) is 0.499. The minimum atomic E-state index is -0.340. The fourth-order valence-electron chi connectivity index (χ4n) is 2.72. The van der Waals surface area contributed by atoms with E-state index in [2.05, 4.69) is 26.6 Å². The number of rotatable bonds is 9. The fourth-order valence-corrected chi connectivity index (χ4v) is 3.18. The minimum absolute atomic E-state index is 0.107. The molecule has 168 valence electrons. The number of amides is 1. The predicted molar refractivity (Wildman–Crippen MR) is 124 cm³/mol. The van der Waals surface area contributed by atoms with Crippen molar-refractivity contribution in [1.82, 2.24) is 5.32 Å². The Hall–Kier alpha value is -2.74. The summed E-state index contributed by atoms with van der Waals surface area (Å²) in [7, 11) is 1.55. The molecule has 0 radical (unpaired) electrons. The molecule has 0 atom stereocenters. The molecule has 0 aromatic heterocycles. The van der Waals surface area contributed by atoms with Crippen molar-refractivity contribution in [2.45, 2.75) is 39.8 Å². The summed E-state index contributed by atoms with van der Waals surface area (Å²) in [4.78, 5) is 23.8. The molecule has 2 N–H and O–H groups in total. The normalized spacial score (nSPS) is 10.9. The lowest BCUT2D eigenvalue weighted by Gasteiger charge is -2.21. The van der Waals surface area contributed by atoms with Crippen molar-refractivity contribution < 1.29 is 23.8 Å². The second kappa shape index (κ2) is 11.0. The standard InChI is InChI=1S/C23H29BrN2O5/c1-6-30-22(28)15-7-9-17(10-8-15)25-13-16-11-19(29-5)20(12-18(16)24)31-14-21(27)26-23(2,3)4/h7-12,25H,6,13-14H2,1-5H3,(H,26,27). The topological polar surface area (TPSA) is 85.9 Å². The van der Waals surface area contributed by atoms with E-state index in [0.29, 0.717) is 30.2 Å². The Balaban J connectivity index is 2.02. The van der Waals surface area contributed by atoms with Crippen LogP contribution in [0, 0.1) is 0 Å². The van der Waals surface area contributed by atoms with Crippen LogP contribution in [0.1, 0.15) is 43.6 Å². The summed E-state index contributed by atoms with van der Waals surface area (Å²) in [6.07, 6.45) is 0. The first kappa shape index (κ1) is 24.5. The van der Waals surface area contributed by atoms with Gasteiger partial charge in [-0.2, -0.15) is 0 Å². The molecule has 31 heavy (non-hydrogen) atoms. The van der Waals surface area contributed by atoms with Gasteiger partial charge in [0.05, 0.1) is 19.3 Å². The van der Waals surface area contributed by atoms with E-state index >= 15 is 0 Å². The maximum atomic E-state index is 12.0. The van der Waals surface area contributed by atoms with Gasteiger partial charge < -0.3 is 24.8 Å². The second-order valence-corrected chi connectivity index (χ2v) is 8.69. The van der Waals surface area contributed by atoms with Gasteiger partial charge in [0.25, 0.3) is 5.91 Å². The monoisotopic (exact) mass is 492 g/mol. The Morgan fingerprint density at radius 2 is 1.74 bits per heavy atom. The Labute approximate surface area is 191 Å². The van der Waals surface area contributed by atoms with Gasteiger partial charge in [-0.05, 0) is 69.7 Å². The summed E-state index contributed by atoms with van der Waals surface area (Å²) in [5, 5.41) is 6.16. The minimum Gasteiger partial charge on any atom is -0.493 e. The largest absolute Gasteiger partial charge is 0.493 e. The smallest absolute Gasteiger partial charge is 0.338 e. The van der Waals surface area contributed by atoms with E-state index in [1.54, 1.807) is 32.2 Å². The van der Waals surface area contributed by atoms with Crippen molar-refractivity contribution in [2.75, 3.05) is 25.6 Å². The molecule has 0 heterocycles. The van der Waals surface area contributed by atoms with Gasteiger partial charge in [0.1, 0.15) is 0 Å². The van der Waals surface area contributed by atoms with Crippen LogP contribution in [0.2, 0.25) is 0 Å². The molecule has 0 aliphatic heterocycles. The molecule has 2 aromatic rings. The lowest BCUT2D eigenvalue weighted by atomic mass is 10.1. The molecular weight excluding hydrogens is 464 g/mol. The summed E-state index contributed by atoms with van der Waals surface area (Å²) in [5.74, 6) is 0.457. The zero-order valence-electron chi connectivity index (χ0n) is 18.5. The van der Waals surface area contributed by atoms with Crippen LogP contribution in [0.25, 0.3) is 0 Å². The number of esters is 1. The van der Waals surface area contributed by atoms with Crippen LogP contribution in [-0.4, -0.2) is 37.7 Å². The molecule has 0 aliphatic rings. The Bertz CT molecular complexity index is 907. The van der Waals surface area contributed by atoms with Crippen LogP contribution in [0.5, 0.6) is 11.5 Å². The lowest BCUT2D eigenvalue weighted by molar-refractivity contribution is -0.124. The zero-order chi connectivity index (χ0) is 23.0. The van der Waals surface area contributed by atoms with Crippen molar-refractivity contribution in [3.05, 3.63) is 52.0 Å². The van der Waals surface area contributed by atoms with Crippen LogP contribution in [0.4, 0.5) is 5.69 Å². The molecule has 2 aromatic carbocycles. The number of carbonyl (C=O) groups excluding carboxylic acids is 2. The van der Waals surface area contributed by atoms with Crippen molar-refractivity contribution in [1.29, 1.82) is 0 Å². The van der Waals surface area contributed by atoms with E-state index in [1.807, 2.05) is 39.0 Å². The highest BCUT2D eigenvalue weighted by molar-refractivity contribution is 9.10. The molecule has 0 saturated carbocycles. The summed E-state index contributed by atoms with van der Waals surface area (Å²) in [5.41, 5.74) is 1.98. The number of hydrogen-bond acceptors (Lipinski definition) is 6. The number of halogens is 1. The van der Waals surface area contributed by atoms with Gasteiger partial charge in [-0.15, -0.1) is 0 Å². The Kier molecular flexibility index (Phi) is 8.74. The maximum absolute atomic E-state index is 12.0. The van der Waals surface area contributed by atoms with E-state index < -0.39 is 0 Å². The molecule has 0 spiro atoms. The molecule has 7 nitrogen and oxygen atoms in total. The molecular formula is C23H29BrN2O5. The highest BCUT2D eigenvalue weighted by atomic mass is 79.9. The summed E-state index contributed by atoms with van der Waals surface area (Å²) in [6.45, 7) is 8.26. The fraction of sp³-hybridized carbons (Fsp3) is 0.391. The van der Waals surface area contributed by atoms with Crippen LogP contribution in [-0.2, 0) is 16.1 Å². The highest BCUT2D eigenvalue weighted by Gasteiger charge is 2.16. The average molecular weight is 493 g/mol. The number of hydrogen-bond donors (Lipinski definition) is 2. The predicted octanol–water partition coefficient (Wildman–Crippen LogP) is 4.54. The van der Waals surface area contributed by atoms with Crippen LogP contribution in [0.15, 0.2) is 40.9 Å².